The predicted octanol–water partition coefficient (Wildman–Crippen LogP) is 6.17. The van der Waals surface area contributed by atoms with Crippen LogP contribution in [-0.2, 0) is 0 Å². The number of benzene rings is 3. The number of hydrogen-bond acceptors (Lipinski definition) is 5. The standard InChI is InChI=1S/C30H32N4O4/c1-37-26-13-7-23(8-14-26)29-21-28(32-34(29)25-11-9-24(10-12-25)31-30(35)36)22-5-15-27(16-6-22)38-20-19-33-17-3-2-4-18-33/h5-16,21,31H,2-4,17-20H2,1H3,(H,35,36). The zero-order valence-electron chi connectivity index (χ0n) is 21.5. The number of methoxy groups -OCH3 is 1. The molecule has 0 unspecified atom stereocenters. The third-order valence-corrected chi connectivity index (χ3v) is 6.73. The monoisotopic (exact) mass is 512 g/mol. The third-order valence-electron chi connectivity index (χ3n) is 6.73. The molecule has 0 atom stereocenters. The molecule has 8 nitrogen and oxygen atoms in total. The Kier molecular flexibility index (Phi) is 7.89. The minimum Gasteiger partial charge on any atom is -0.497 e. The van der Waals surface area contributed by atoms with Gasteiger partial charge in [-0.1, -0.05) is 6.42 Å². The van der Waals surface area contributed by atoms with Gasteiger partial charge in [0.15, 0.2) is 0 Å². The maximum Gasteiger partial charge on any atom is 0.409 e. The number of likely N-dealkylation sites (tertiary alicyclic amines) is 1. The molecule has 0 saturated carbocycles. The van der Waals surface area contributed by atoms with Crippen LogP contribution in [0.2, 0.25) is 0 Å². The van der Waals surface area contributed by atoms with Crippen LogP contribution in [0.15, 0.2) is 78.9 Å². The first kappa shape index (κ1) is 25.4. The summed E-state index contributed by atoms with van der Waals surface area (Å²) < 4.78 is 13.2. The number of nitrogens with zero attached hydrogens (tertiary/aromatic N) is 3. The number of hydrogen-bond donors (Lipinski definition) is 2. The lowest BCUT2D eigenvalue weighted by Gasteiger charge is -2.26. The van der Waals surface area contributed by atoms with Crippen LogP contribution in [0.5, 0.6) is 11.5 Å². The highest BCUT2D eigenvalue weighted by atomic mass is 16.5. The van der Waals surface area contributed by atoms with Crippen molar-refractivity contribution in [1.82, 2.24) is 14.7 Å². The molecular formula is C30H32N4O4. The molecule has 38 heavy (non-hydrogen) atoms. The van der Waals surface area contributed by atoms with Gasteiger partial charge < -0.3 is 14.6 Å². The van der Waals surface area contributed by atoms with Crippen LogP contribution < -0.4 is 14.8 Å². The second kappa shape index (κ2) is 11.8. The quantitative estimate of drug-likeness (QED) is 0.279. The maximum absolute atomic E-state index is 11.0. The van der Waals surface area contributed by atoms with Crippen molar-refractivity contribution in [3.8, 4) is 39.7 Å². The molecule has 0 spiro atoms. The SMILES string of the molecule is COc1ccc(-c2cc(-c3ccc(OCCN4CCCCC4)cc3)nn2-c2ccc(NC(=O)O)cc2)cc1. The van der Waals surface area contributed by atoms with E-state index in [0.29, 0.717) is 12.3 Å². The molecule has 0 bridgehead atoms. The van der Waals surface area contributed by atoms with E-state index >= 15 is 0 Å². The zero-order valence-corrected chi connectivity index (χ0v) is 21.5. The van der Waals surface area contributed by atoms with E-state index in [1.54, 1.807) is 19.2 Å². The van der Waals surface area contributed by atoms with Gasteiger partial charge in [-0.3, -0.25) is 10.2 Å². The number of amides is 1. The molecule has 0 radical (unpaired) electrons. The van der Waals surface area contributed by atoms with Gasteiger partial charge in [-0.15, -0.1) is 0 Å². The van der Waals surface area contributed by atoms with Gasteiger partial charge in [0.05, 0.1) is 24.2 Å². The van der Waals surface area contributed by atoms with E-state index in [1.807, 2.05) is 65.3 Å². The van der Waals surface area contributed by atoms with E-state index in [0.717, 1.165) is 46.2 Å². The van der Waals surface area contributed by atoms with Crippen LogP contribution in [0.3, 0.4) is 0 Å². The van der Waals surface area contributed by atoms with Crippen LogP contribution in [0, 0.1) is 0 Å². The van der Waals surface area contributed by atoms with Gasteiger partial charge in [0.2, 0.25) is 0 Å². The molecule has 8 heteroatoms. The van der Waals surface area contributed by atoms with Gasteiger partial charge in [0.25, 0.3) is 0 Å². The van der Waals surface area contributed by atoms with Gasteiger partial charge in [-0.2, -0.15) is 5.10 Å². The molecule has 1 amide bonds. The molecule has 1 fully saturated rings. The molecule has 0 aliphatic carbocycles. The second-order valence-corrected chi connectivity index (χ2v) is 9.31. The van der Waals surface area contributed by atoms with E-state index < -0.39 is 6.09 Å². The third kappa shape index (κ3) is 6.15. The van der Waals surface area contributed by atoms with Crippen LogP contribution in [0.25, 0.3) is 28.2 Å². The molecule has 196 valence electrons. The van der Waals surface area contributed by atoms with E-state index in [-0.39, 0.29) is 0 Å². The average molecular weight is 513 g/mol. The molecule has 3 aromatic carbocycles. The van der Waals surface area contributed by atoms with Gasteiger partial charge in [-0.05, 0) is 105 Å². The van der Waals surface area contributed by atoms with Crippen LogP contribution >= 0.6 is 0 Å². The number of aromatic nitrogens is 2. The number of rotatable bonds is 9. The lowest BCUT2D eigenvalue weighted by Crippen LogP contribution is -2.33. The van der Waals surface area contributed by atoms with Crippen LogP contribution in [0.4, 0.5) is 10.5 Å². The highest BCUT2D eigenvalue weighted by molar-refractivity contribution is 5.83. The van der Waals surface area contributed by atoms with Crippen molar-refractivity contribution in [3.63, 3.8) is 0 Å². The Balaban J connectivity index is 1.38. The number of anilines is 1. The van der Waals surface area contributed by atoms with Crippen LogP contribution in [0.1, 0.15) is 19.3 Å². The molecule has 5 rings (SSSR count). The Morgan fingerprint density at radius 3 is 2.21 bits per heavy atom. The summed E-state index contributed by atoms with van der Waals surface area (Å²) in [6.07, 6.45) is 2.80. The highest BCUT2D eigenvalue weighted by Gasteiger charge is 2.14. The minimum atomic E-state index is -1.10. The molecular weight excluding hydrogens is 480 g/mol. The van der Waals surface area contributed by atoms with Gasteiger partial charge in [0, 0.05) is 23.4 Å². The normalized spacial score (nSPS) is 13.7. The fourth-order valence-electron chi connectivity index (χ4n) is 4.69. The summed E-state index contributed by atoms with van der Waals surface area (Å²) in [5, 5.41) is 16.3. The Hall–Kier alpha value is -4.30. The average Bonchev–Trinajstić information content (AvgIpc) is 3.40. The first-order valence-corrected chi connectivity index (χ1v) is 12.9. The summed E-state index contributed by atoms with van der Waals surface area (Å²) in [7, 11) is 1.64. The van der Waals surface area contributed by atoms with Gasteiger partial charge >= 0.3 is 6.09 Å². The zero-order chi connectivity index (χ0) is 26.3. The summed E-state index contributed by atoms with van der Waals surface area (Å²) >= 11 is 0. The molecule has 1 aliphatic heterocycles. The van der Waals surface area contributed by atoms with E-state index in [9.17, 15) is 4.79 Å². The molecule has 2 N–H and O–H groups in total. The van der Waals surface area contributed by atoms with E-state index in [1.165, 1.54) is 32.4 Å². The topological polar surface area (TPSA) is 88.9 Å². The second-order valence-electron chi connectivity index (χ2n) is 9.31. The highest BCUT2D eigenvalue weighted by Crippen LogP contribution is 2.31. The van der Waals surface area contributed by atoms with Crippen molar-refractivity contribution in [3.05, 3.63) is 78.9 Å². The Morgan fingerprint density at radius 1 is 0.895 bits per heavy atom. The summed E-state index contributed by atoms with van der Waals surface area (Å²) in [4.78, 5) is 13.4. The largest absolute Gasteiger partial charge is 0.497 e. The number of carboxylic acid groups (broad SMARTS) is 1. The summed E-state index contributed by atoms with van der Waals surface area (Å²) in [5.41, 5.74) is 5.00. The maximum atomic E-state index is 11.0. The summed E-state index contributed by atoms with van der Waals surface area (Å²) in [6, 6.07) is 25.0. The number of nitrogens with one attached hydrogen (secondary N) is 1. The van der Waals surface area contributed by atoms with Gasteiger partial charge in [0.1, 0.15) is 18.1 Å². The Morgan fingerprint density at radius 2 is 1.55 bits per heavy atom. The van der Waals surface area contributed by atoms with Crippen molar-refractivity contribution in [2.75, 3.05) is 38.7 Å². The minimum absolute atomic E-state index is 0.496. The van der Waals surface area contributed by atoms with Crippen molar-refractivity contribution >= 4 is 11.8 Å². The van der Waals surface area contributed by atoms with Crippen molar-refractivity contribution < 1.29 is 19.4 Å². The van der Waals surface area contributed by atoms with Crippen molar-refractivity contribution in [2.24, 2.45) is 0 Å². The fourth-order valence-corrected chi connectivity index (χ4v) is 4.69. The lowest BCUT2D eigenvalue weighted by atomic mass is 10.1. The molecule has 2 heterocycles. The molecule has 1 aliphatic rings. The van der Waals surface area contributed by atoms with Crippen molar-refractivity contribution in [2.45, 2.75) is 19.3 Å². The fraction of sp³-hybridized carbons (Fsp3) is 0.267. The molecule has 4 aromatic rings. The van der Waals surface area contributed by atoms with Gasteiger partial charge in [-0.25, -0.2) is 9.48 Å². The lowest BCUT2D eigenvalue weighted by molar-refractivity contribution is 0.183. The number of piperidine rings is 1. The Bertz CT molecular complexity index is 1340. The van der Waals surface area contributed by atoms with E-state index in [4.69, 9.17) is 19.7 Å². The summed E-state index contributed by atoms with van der Waals surface area (Å²) in [6.45, 7) is 3.97. The predicted molar refractivity (Wildman–Crippen MR) is 148 cm³/mol. The Labute approximate surface area is 222 Å². The van der Waals surface area contributed by atoms with Crippen molar-refractivity contribution in [1.29, 1.82) is 0 Å². The summed E-state index contributed by atoms with van der Waals surface area (Å²) in [5.74, 6) is 1.63. The van der Waals surface area contributed by atoms with Crippen LogP contribution in [-0.4, -0.2) is 59.2 Å². The molecule has 1 aromatic heterocycles. The number of carbonyl (C=O) groups is 1. The van der Waals surface area contributed by atoms with E-state index in [2.05, 4.69) is 16.3 Å². The number of ether oxygens (including phenoxy) is 2. The first-order valence-electron chi connectivity index (χ1n) is 12.9. The molecule has 1 saturated heterocycles. The first-order chi connectivity index (χ1) is 18.6. The smallest absolute Gasteiger partial charge is 0.409 e.